The first kappa shape index (κ1) is 18.4. The van der Waals surface area contributed by atoms with Crippen LogP contribution in [0.3, 0.4) is 0 Å². The predicted octanol–water partition coefficient (Wildman–Crippen LogP) is 3.93. The summed E-state index contributed by atoms with van der Waals surface area (Å²) in [5.41, 5.74) is 7.85. The van der Waals surface area contributed by atoms with Gasteiger partial charge in [-0.2, -0.15) is 0 Å². The van der Waals surface area contributed by atoms with Crippen molar-refractivity contribution >= 4 is 49.3 Å². The Hall–Kier alpha value is -1.93. The predicted molar refractivity (Wildman–Crippen MR) is 98.3 cm³/mol. The maximum Gasteiger partial charge on any atom is 0.265 e. The van der Waals surface area contributed by atoms with Crippen LogP contribution in [0.2, 0.25) is 0 Å². The smallest absolute Gasteiger partial charge is 0.265 e. The standard InChI is InChI=1S/C16H14Br2FN3O2/c1-9-6-12(17)15(13(18)7-9)21-14(23)8-24-22-16(20)10-2-4-11(19)5-3-10/h2-7H,8H2,1H3,(H2,20,22)(H,21,23). The summed E-state index contributed by atoms with van der Waals surface area (Å²) in [5.74, 6) is -0.711. The zero-order chi connectivity index (χ0) is 17.7. The van der Waals surface area contributed by atoms with Crippen molar-refractivity contribution in [3.8, 4) is 0 Å². The van der Waals surface area contributed by atoms with Gasteiger partial charge in [-0.25, -0.2) is 4.39 Å². The van der Waals surface area contributed by atoms with Crippen molar-refractivity contribution < 1.29 is 14.0 Å². The van der Waals surface area contributed by atoms with E-state index in [4.69, 9.17) is 10.6 Å². The summed E-state index contributed by atoms with van der Waals surface area (Å²) in [6.07, 6.45) is 0. The molecule has 0 spiro atoms. The zero-order valence-corrected chi connectivity index (χ0v) is 15.8. The molecule has 3 N–H and O–H groups in total. The number of rotatable bonds is 5. The Bertz CT molecular complexity index is 756. The van der Waals surface area contributed by atoms with Crippen molar-refractivity contribution in [1.82, 2.24) is 0 Å². The number of oxime groups is 1. The van der Waals surface area contributed by atoms with Crippen LogP contribution in [0.25, 0.3) is 0 Å². The van der Waals surface area contributed by atoms with Crippen LogP contribution in [0.5, 0.6) is 0 Å². The number of nitrogens with one attached hydrogen (secondary N) is 1. The molecule has 2 aromatic carbocycles. The number of hydrogen-bond donors (Lipinski definition) is 2. The summed E-state index contributed by atoms with van der Waals surface area (Å²) in [6, 6.07) is 9.22. The summed E-state index contributed by atoms with van der Waals surface area (Å²) in [7, 11) is 0. The van der Waals surface area contributed by atoms with Gasteiger partial charge in [-0.15, -0.1) is 0 Å². The van der Waals surface area contributed by atoms with E-state index in [-0.39, 0.29) is 18.3 Å². The van der Waals surface area contributed by atoms with E-state index < -0.39 is 5.91 Å². The lowest BCUT2D eigenvalue weighted by Gasteiger charge is -2.10. The van der Waals surface area contributed by atoms with Crippen molar-refractivity contribution in [2.75, 3.05) is 11.9 Å². The zero-order valence-electron chi connectivity index (χ0n) is 12.6. The van der Waals surface area contributed by atoms with Crippen LogP contribution < -0.4 is 11.1 Å². The van der Waals surface area contributed by atoms with Gasteiger partial charge in [0.1, 0.15) is 5.82 Å². The van der Waals surface area contributed by atoms with Crippen molar-refractivity contribution in [1.29, 1.82) is 0 Å². The number of amides is 1. The fraction of sp³-hybridized carbons (Fsp3) is 0.125. The Kier molecular flexibility index (Phi) is 6.33. The minimum atomic E-state index is -0.393. The van der Waals surface area contributed by atoms with Gasteiger partial charge in [0.2, 0.25) is 0 Å². The van der Waals surface area contributed by atoms with E-state index in [1.54, 1.807) is 0 Å². The summed E-state index contributed by atoms with van der Waals surface area (Å²) in [5, 5.41) is 6.36. The number of amidine groups is 1. The minimum absolute atomic E-state index is 0.0560. The first-order valence-electron chi connectivity index (χ1n) is 6.83. The first-order valence-corrected chi connectivity index (χ1v) is 8.42. The third-order valence-corrected chi connectivity index (χ3v) is 4.20. The summed E-state index contributed by atoms with van der Waals surface area (Å²) in [6.45, 7) is 1.63. The second kappa shape index (κ2) is 8.25. The van der Waals surface area contributed by atoms with Gasteiger partial charge in [-0.05, 0) is 80.7 Å². The molecule has 0 aliphatic rings. The molecule has 0 unspecified atom stereocenters. The lowest BCUT2D eigenvalue weighted by atomic mass is 10.2. The molecule has 24 heavy (non-hydrogen) atoms. The SMILES string of the molecule is Cc1cc(Br)c(NC(=O)CO/N=C(\N)c2ccc(F)cc2)c(Br)c1. The summed E-state index contributed by atoms with van der Waals surface area (Å²) >= 11 is 6.78. The molecule has 2 rings (SSSR count). The lowest BCUT2D eigenvalue weighted by molar-refractivity contribution is -0.120. The highest BCUT2D eigenvalue weighted by atomic mass is 79.9. The summed E-state index contributed by atoms with van der Waals surface area (Å²) in [4.78, 5) is 16.9. The third-order valence-electron chi connectivity index (χ3n) is 2.95. The van der Waals surface area contributed by atoms with Crippen LogP contribution >= 0.6 is 31.9 Å². The Balaban J connectivity index is 1.94. The first-order chi connectivity index (χ1) is 11.4. The topological polar surface area (TPSA) is 76.7 Å². The quantitative estimate of drug-likeness (QED) is 0.404. The molecular weight excluding hydrogens is 445 g/mol. The summed E-state index contributed by atoms with van der Waals surface area (Å²) < 4.78 is 14.3. The molecular formula is C16H14Br2FN3O2. The number of carbonyl (C=O) groups excluding carboxylic acids is 1. The van der Waals surface area contributed by atoms with Crippen molar-refractivity contribution in [2.24, 2.45) is 10.9 Å². The van der Waals surface area contributed by atoms with Crippen LogP contribution in [0.15, 0.2) is 50.5 Å². The highest BCUT2D eigenvalue weighted by Crippen LogP contribution is 2.32. The Labute approximate surface area is 155 Å². The number of anilines is 1. The van der Waals surface area contributed by atoms with Crippen molar-refractivity contribution in [3.05, 3.63) is 62.3 Å². The third kappa shape index (κ3) is 5.04. The van der Waals surface area contributed by atoms with E-state index in [1.165, 1.54) is 24.3 Å². The van der Waals surface area contributed by atoms with Crippen LogP contribution in [0.4, 0.5) is 10.1 Å². The maximum atomic E-state index is 12.8. The Morgan fingerprint density at radius 2 is 1.83 bits per heavy atom. The van der Waals surface area contributed by atoms with Crippen LogP contribution in [0.1, 0.15) is 11.1 Å². The highest BCUT2D eigenvalue weighted by Gasteiger charge is 2.10. The molecule has 0 aliphatic carbocycles. The van der Waals surface area contributed by atoms with Crippen LogP contribution in [0, 0.1) is 12.7 Å². The Morgan fingerprint density at radius 3 is 2.42 bits per heavy atom. The van der Waals surface area contributed by atoms with E-state index in [0.717, 1.165) is 14.5 Å². The largest absolute Gasteiger partial charge is 0.384 e. The molecule has 126 valence electrons. The number of halogens is 3. The number of hydrogen-bond acceptors (Lipinski definition) is 3. The van der Waals surface area contributed by atoms with Gasteiger partial charge in [-0.1, -0.05) is 5.16 Å². The van der Waals surface area contributed by atoms with E-state index in [2.05, 4.69) is 42.3 Å². The Morgan fingerprint density at radius 1 is 1.25 bits per heavy atom. The van der Waals surface area contributed by atoms with Gasteiger partial charge in [0.05, 0.1) is 5.69 Å². The number of carbonyl (C=O) groups is 1. The molecule has 1 amide bonds. The molecule has 0 aromatic heterocycles. The molecule has 5 nitrogen and oxygen atoms in total. The van der Waals surface area contributed by atoms with Gasteiger partial charge in [0, 0.05) is 14.5 Å². The molecule has 0 aliphatic heterocycles. The molecule has 0 saturated carbocycles. The van der Waals surface area contributed by atoms with Crippen molar-refractivity contribution in [3.63, 3.8) is 0 Å². The van der Waals surface area contributed by atoms with Crippen LogP contribution in [-0.2, 0) is 9.63 Å². The van der Waals surface area contributed by atoms with Crippen LogP contribution in [-0.4, -0.2) is 18.3 Å². The molecule has 8 heteroatoms. The second-order valence-electron chi connectivity index (χ2n) is 4.91. The van der Waals surface area contributed by atoms with Gasteiger partial charge < -0.3 is 15.9 Å². The van der Waals surface area contributed by atoms with Gasteiger partial charge in [0.15, 0.2) is 12.4 Å². The average Bonchev–Trinajstić information content (AvgIpc) is 2.51. The maximum absolute atomic E-state index is 12.8. The van der Waals surface area contributed by atoms with Gasteiger partial charge in [-0.3, -0.25) is 4.79 Å². The second-order valence-corrected chi connectivity index (χ2v) is 6.62. The van der Waals surface area contributed by atoms with E-state index in [9.17, 15) is 9.18 Å². The molecule has 0 atom stereocenters. The van der Waals surface area contributed by atoms with E-state index >= 15 is 0 Å². The molecule has 2 aromatic rings. The normalized spacial score (nSPS) is 11.2. The number of aryl methyl sites for hydroxylation is 1. The van der Waals surface area contributed by atoms with E-state index in [1.807, 2.05) is 19.1 Å². The lowest BCUT2D eigenvalue weighted by Crippen LogP contribution is -2.20. The van der Waals surface area contributed by atoms with Gasteiger partial charge >= 0.3 is 0 Å². The number of benzene rings is 2. The molecule has 0 heterocycles. The fourth-order valence-corrected chi connectivity index (χ4v) is 3.44. The fourth-order valence-electron chi connectivity index (χ4n) is 1.83. The average molecular weight is 459 g/mol. The highest BCUT2D eigenvalue weighted by molar-refractivity contribution is 9.11. The molecule has 0 fully saturated rings. The molecule has 0 bridgehead atoms. The molecule has 0 saturated heterocycles. The number of nitrogens with zero attached hydrogens (tertiary/aromatic N) is 1. The minimum Gasteiger partial charge on any atom is -0.384 e. The molecule has 0 radical (unpaired) electrons. The van der Waals surface area contributed by atoms with Gasteiger partial charge in [0.25, 0.3) is 5.91 Å². The van der Waals surface area contributed by atoms with Crippen molar-refractivity contribution in [2.45, 2.75) is 6.92 Å². The van der Waals surface area contributed by atoms with E-state index in [0.29, 0.717) is 11.3 Å². The number of nitrogens with two attached hydrogens (primary N) is 1. The monoisotopic (exact) mass is 457 g/mol.